The number of rotatable bonds is 4. The summed E-state index contributed by atoms with van der Waals surface area (Å²) in [6.45, 7) is 2.01. The molecule has 0 amide bonds. The van der Waals surface area contributed by atoms with Crippen LogP contribution in [-0.2, 0) is 0 Å². The van der Waals surface area contributed by atoms with E-state index in [1.807, 2.05) is 49.4 Å². The highest BCUT2D eigenvalue weighted by Crippen LogP contribution is 2.39. The number of hydrogen-bond acceptors (Lipinski definition) is 6. The fraction of sp³-hybridized carbons (Fsp3) is 0.0400. The van der Waals surface area contributed by atoms with Crippen molar-refractivity contribution in [3.8, 4) is 28.4 Å². The van der Waals surface area contributed by atoms with Gasteiger partial charge in [-0.15, -0.1) is 5.10 Å². The molecule has 3 N–H and O–H groups in total. The summed E-state index contributed by atoms with van der Waals surface area (Å²) in [4.78, 5) is 30.5. The number of nitrogens with one attached hydrogen (secondary N) is 1. The summed E-state index contributed by atoms with van der Waals surface area (Å²) in [6.07, 6.45) is 0. The van der Waals surface area contributed by atoms with Crippen LogP contribution in [0.15, 0.2) is 74.7 Å². The molecule has 5 rings (SSSR count). The van der Waals surface area contributed by atoms with Gasteiger partial charge >= 0.3 is 5.69 Å². The summed E-state index contributed by atoms with van der Waals surface area (Å²) in [6, 6.07) is 18.4. The Morgan fingerprint density at radius 3 is 2.39 bits per heavy atom. The molecule has 0 aliphatic carbocycles. The van der Waals surface area contributed by atoms with Gasteiger partial charge < -0.3 is 10.5 Å². The third-order valence-corrected chi connectivity index (χ3v) is 6.52. The molecule has 0 atom stereocenters. The number of H-pyrrole nitrogens is 1. The maximum atomic E-state index is 12.1. The zero-order valence-corrected chi connectivity index (χ0v) is 21.6. The number of nitrogens with two attached hydrogens (primary N) is 1. The lowest BCUT2D eigenvalue weighted by atomic mass is 10.0. The number of nitrogens with zero attached hydrogens (tertiary/aromatic N) is 3. The van der Waals surface area contributed by atoms with Crippen molar-refractivity contribution in [1.82, 2.24) is 19.7 Å². The van der Waals surface area contributed by atoms with Gasteiger partial charge in [-0.2, -0.15) is 4.68 Å². The standard InChI is InChI=1S/C25H16BrCl2N5O3/c1-12-8-21(13-2-4-14(26)5-3-13)30-20-7-6-16(11-17(12)20)36-22-18(27)9-15(10-19(22)28)33-25(35)31-24(34)23(29)32-33/h2-11H,1H3,(H2,29,32)(H,31,34,35). The Hall–Kier alpha value is -3.66. The molecule has 0 radical (unpaired) electrons. The van der Waals surface area contributed by atoms with Crippen molar-refractivity contribution in [2.75, 3.05) is 5.73 Å². The third-order valence-electron chi connectivity index (χ3n) is 5.43. The van der Waals surface area contributed by atoms with E-state index in [9.17, 15) is 9.59 Å². The molecule has 8 nitrogen and oxygen atoms in total. The van der Waals surface area contributed by atoms with E-state index in [1.165, 1.54) is 12.1 Å². The van der Waals surface area contributed by atoms with Gasteiger partial charge in [0, 0.05) is 15.4 Å². The number of ether oxygens (including phenoxy) is 1. The first-order valence-electron chi connectivity index (χ1n) is 10.5. The Kier molecular flexibility index (Phi) is 6.29. The average molecular weight is 585 g/mol. The zero-order chi connectivity index (χ0) is 25.6. The number of nitrogen functional groups attached to an aromatic ring is 1. The molecular weight excluding hydrogens is 569 g/mol. The van der Waals surface area contributed by atoms with Crippen molar-refractivity contribution < 1.29 is 4.74 Å². The number of benzene rings is 3. The van der Waals surface area contributed by atoms with Crippen LogP contribution in [0.3, 0.4) is 0 Å². The van der Waals surface area contributed by atoms with Gasteiger partial charge in [0.1, 0.15) is 5.75 Å². The normalized spacial score (nSPS) is 11.1. The predicted molar refractivity (Wildman–Crippen MR) is 145 cm³/mol. The second-order valence-electron chi connectivity index (χ2n) is 7.91. The molecular formula is C25H16BrCl2N5O3. The Balaban J connectivity index is 1.49. The van der Waals surface area contributed by atoms with E-state index in [1.54, 1.807) is 6.07 Å². The predicted octanol–water partition coefficient (Wildman–Crippen LogP) is 5.89. The molecule has 2 heterocycles. The summed E-state index contributed by atoms with van der Waals surface area (Å²) in [5.74, 6) is 0.332. The maximum absolute atomic E-state index is 12.1. The smallest absolute Gasteiger partial charge is 0.349 e. The Morgan fingerprint density at radius 1 is 1.00 bits per heavy atom. The number of pyridine rings is 1. The molecule has 0 spiro atoms. The SMILES string of the molecule is Cc1cc(-c2ccc(Br)cc2)nc2ccc(Oc3c(Cl)cc(-n4nc(N)c(=O)[nH]c4=O)cc3Cl)cc12. The summed E-state index contributed by atoms with van der Waals surface area (Å²) in [5, 5.41) is 4.97. The first-order valence-corrected chi connectivity index (χ1v) is 12.1. The summed E-state index contributed by atoms with van der Waals surface area (Å²) < 4.78 is 7.90. The van der Waals surface area contributed by atoms with Crippen molar-refractivity contribution >= 4 is 55.9 Å². The van der Waals surface area contributed by atoms with E-state index < -0.39 is 11.2 Å². The van der Waals surface area contributed by atoms with Crippen LogP contribution in [0.1, 0.15) is 5.56 Å². The lowest BCUT2D eigenvalue weighted by Gasteiger charge is -2.13. The van der Waals surface area contributed by atoms with Gasteiger partial charge in [-0.05, 0) is 61.0 Å². The molecule has 2 aromatic heterocycles. The fourth-order valence-corrected chi connectivity index (χ4v) is 4.49. The van der Waals surface area contributed by atoms with Crippen LogP contribution in [-0.4, -0.2) is 19.7 Å². The minimum absolute atomic E-state index is 0.136. The summed E-state index contributed by atoms with van der Waals surface area (Å²) in [7, 11) is 0. The molecule has 0 aliphatic heterocycles. The largest absolute Gasteiger partial charge is 0.454 e. The number of fused-ring (bicyclic) bond motifs is 1. The van der Waals surface area contributed by atoms with Gasteiger partial charge in [0.05, 0.1) is 26.9 Å². The van der Waals surface area contributed by atoms with Gasteiger partial charge in [-0.3, -0.25) is 9.78 Å². The Labute approximate surface area is 222 Å². The molecule has 180 valence electrons. The van der Waals surface area contributed by atoms with E-state index in [-0.39, 0.29) is 27.3 Å². The van der Waals surface area contributed by atoms with Crippen LogP contribution in [0.2, 0.25) is 10.0 Å². The van der Waals surface area contributed by atoms with Crippen LogP contribution >= 0.6 is 39.1 Å². The van der Waals surface area contributed by atoms with Gasteiger partial charge in [-0.1, -0.05) is 51.3 Å². The Morgan fingerprint density at radius 2 is 1.69 bits per heavy atom. The number of aromatic nitrogens is 4. The molecule has 3 aromatic carbocycles. The topological polar surface area (TPSA) is 116 Å². The van der Waals surface area contributed by atoms with Crippen molar-refractivity contribution in [2.24, 2.45) is 0 Å². The highest BCUT2D eigenvalue weighted by molar-refractivity contribution is 9.10. The van der Waals surface area contributed by atoms with Crippen molar-refractivity contribution in [3.63, 3.8) is 0 Å². The fourth-order valence-electron chi connectivity index (χ4n) is 3.68. The third kappa shape index (κ3) is 4.60. The van der Waals surface area contributed by atoms with E-state index in [0.717, 1.165) is 36.9 Å². The average Bonchev–Trinajstić information content (AvgIpc) is 2.84. The lowest BCUT2D eigenvalue weighted by Crippen LogP contribution is -2.33. The highest BCUT2D eigenvalue weighted by atomic mass is 79.9. The van der Waals surface area contributed by atoms with Crippen LogP contribution < -0.4 is 21.7 Å². The molecule has 0 saturated carbocycles. The first kappa shape index (κ1) is 24.1. The minimum atomic E-state index is -0.782. The second-order valence-corrected chi connectivity index (χ2v) is 9.64. The molecule has 0 fully saturated rings. The quantitative estimate of drug-likeness (QED) is 0.272. The minimum Gasteiger partial charge on any atom is -0.454 e. The summed E-state index contributed by atoms with van der Waals surface area (Å²) in [5.41, 5.74) is 7.90. The van der Waals surface area contributed by atoms with Crippen molar-refractivity contribution in [1.29, 1.82) is 0 Å². The van der Waals surface area contributed by atoms with Gasteiger partial charge in [0.25, 0.3) is 5.56 Å². The number of aryl methyl sites for hydroxylation is 1. The van der Waals surface area contributed by atoms with Gasteiger partial charge in [0.15, 0.2) is 5.75 Å². The Bertz CT molecular complexity index is 1740. The molecule has 0 aliphatic rings. The van der Waals surface area contributed by atoms with Crippen LogP contribution in [0.4, 0.5) is 5.82 Å². The first-order chi connectivity index (χ1) is 17.2. The lowest BCUT2D eigenvalue weighted by molar-refractivity contribution is 0.483. The van der Waals surface area contributed by atoms with Gasteiger partial charge in [0.2, 0.25) is 5.82 Å². The number of hydrogen-bond donors (Lipinski definition) is 2. The van der Waals surface area contributed by atoms with Crippen LogP contribution in [0.5, 0.6) is 11.5 Å². The zero-order valence-electron chi connectivity index (χ0n) is 18.6. The number of halogens is 3. The molecule has 0 bridgehead atoms. The molecule has 11 heteroatoms. The van der Waals surface area contributed by atoms with Crippen LogP contribution in [0, 0.1) is 6.92 Å². The van der Waals surface area contributed by atoms with Crippen LogP contribution in [0.25, 0.3) is 27.8 Å². The molecule has 5 aromatic rings. The van der Waals surface area contributed by atoms with Crippen molar-refractivity contribution in [3.05, 3.63) is 102 Å². The van der Waals surface area contributed by atoms with E-state index in [0.29, 0.717) is 5.75 Å². The second kappa shape index (κ2) is 9.42. The number of anilines is 1. The van der Waals surface area contributed by atoms with E-state index in [2.05, 4.69) is 26.0 Å². The van der Waals surface area contributed by atoms with E-state index >= 15 is 0 Å². The van der Waals surface area contributed by atoms with Gasteiger partial charge in [-0.25, -0.2) is 9.78 Å². The molecule has 0 unspecified atom stereocenters. The van der Waals surface area contributed by atoms with Crippen molar-refractivity contribution in [2.45, 2.75) is 6.92 Å². The maximum Gasteiger partial charge on any atom is 0.349 e. The monoisotopic (exact) mass is 583 g/mol. The van der Waals surface area contributed by atoms with E-state index in [4.69, 9.17) is 38.7 Å². The molecule has 36 heavy (non-hydrogen) atoms. The summed E-state index contributed by atoms with van der Waals surface area (Å²) >= 11 is 16.3. The highest BCUT2D eigenvalue weighted by Gasteiger charge is 2.15. The number of aromatic amines is 1. The molecule has 0 saturated heterocycles.